The molecule has 0 bridgehead atoms. The van der Waals surface area contributed by atoms with Gasteiger partial charge in [-0.3, -0.25) is 0 Å². The van der Waals surface area contributed by atoms with Crippen molar-refractivity contribution in [2.45, 2.75) is 13.0 Å². The summed E-state index contributed by atoms with van der Waals surface area (Å²) in [6.45, 7) is 1.73. The molecule has 72 valence electrons. The molecule has 1 aromatic rings. The monoisotopic (exact) mass is 179 g/mol. The zero-order chi connectivity index (χ0) is 9.52. The molecule has 0 amide bonds. The maximum atomic E-state index is 5.07. The third kappa shape index (κ3) is 3.57. The minimum Gasteiger partial charge on any atom is -0.380 e. The van der Waals surface area contributed by atoms with Gasteiger partial charge in [-0.15, -0.1) is 0 Å². The summed E-state index contributed by atoms with van der Waals surface area (Å²) in [5, 5.41) is 3.14. The van der Waals surface area contributed by atoms with E-state index in [1.807, 2.05) is 7.05 Å². The fourth-order valence-corrected chi connectivity index (χ4v) is 1.31. The highest BCUT2D eigenvalue weighted by Gasteiger charge is 1.94. The van der Waals surface area contributed by atoms with Gasteiger partial charge in [-0.25, -0.2) is 0 Å². The van der Waals surface area contributed by atoms with Crippen molar-refractivity contribution in [2.24, 2.45) is 0 Å². The molecule has 0 radical (unpaired) electrons. The van der Waals surface area contributed by atoms with Gasteiger partial charge in [-0.2, -0.15) is 0 Å². The zero-order valence-electron chi connectivity index (χ0n) is 8.34. The topological polar surface area (TPSA) is 21.3 Å². The number of rotatable bonds is 5. The van der Waals surface area contributed by atoms with E-state index in [0.29, 0.717) is 6.61 Å². The number of benzene rings is 1. The molecule has 13 heavy (non-hydrogen) atoms. The van der Waals surface area contributed by atoms with Gasteiger partial charge in [0.2, 0.25) is 0 Å². The Morgan fingerprint density at radius 1 is 1.31 bits per heavy atom. The Hall–Kier alpha value is -0.860. The van der Waals surface area contributed by atoms with Crippen LogP contribution in [0.4, 0.5) is 0 Å². The molecular formula is C11H17NO. The average Bonchev–Trinajstić information content (AvgIpc) is 2.16. The Bertz CT molecular complexity index is 248. The van der Waals surface area contributed by atoms with E-state index in [1.54, 1.807) is 7.11 Å². The summed E-state index contributed by atoms with van der Waals surface area (Å²) in [5.74, 6) is 0. The van der Waals surface area contributed by atoms with Crippen LogP contribution in [0.1, 0.15) is 11.1 Å². The summed E-state index contributed by atoms with van der Waals surface area (Å²) in [7, 11) is 3.69. The van der Waals surface area contributed by atoms with Gasteiger partial charge in [0, 0.05) is 7.11 Å². The first-order valence-corrected chi connectivity index (χ1v) is 4.58. The predicted octanol–water partition coefficient (Wildman–Crippen LogP) is 1.59. The fraction of sp³-hybridized carbons (Fsp3) is 0.455. The fourth-order valence-electron chi connectivity index (χ4n) is 1.31. The number of methoxy groups -OCH3 is 1. The minimum absolute atomic E-state index is 0.702. The van der Waals surface area contributed by atoms with E-state index in [4.69, 9.17) is 4.74 Å². The van der Waals surface area contributed by atoms with Crippen LogP contribution in [0.3, 0.4) is 0 Å². The van der Waals surface area contributed by atoms with Crippen LogP contribution in [0.15, 0.2) is 24.3 Å². The van der Waals surface area contributed by atoms with E-state index in [-0.39, 0.29) is 0 Å². The van der Waals surface area contributed by atoms with Crippen molar-refractivity contribution in [3.63, 3.8) is 0 Å². The number of hydrogen-bond donors (Lipinski definition) is 1. The number of nitrogens with one attached hydrogen (secondary N) is 1. The summed E-state index contributed by atoms with van der Waals surface area (Å²) in [4.78, 5) is 0. The van der Waals surface area contributed by atoms with E-state index in [9.17, 15) is 0 Å². The molecule has 1 aromatic carbocycles. The Kier molecular flexibility index (Phi) is 4.50. The third-order valence-electron chi connectivity index (χ3n) is 1.97. The SMILES string of the molecule is CNCCc1cccc(COC)c1. The molecule has 0 aliphatic rings. The molecule has 0 saturated heterocycles. The molecule has 0 aliphatic carbocycles. The van der Waals surface area contributed by atoms with Gasteiger partial charge in [0.05, 0.1) is 6.61 Å². The molecule has 0 heterocycles. The molecule has 0 fully saturated rings. The van der Waals surface area contributed by atoms with Gasteiger partial charge in [-0.1, -0.05) is 24.3 Å². The van der Waals surface area contributed by atoms with Gasteiger partial charge in [0.25, 0.3) is 0 Å². The molecule has 1 N–H and O–H groups in total. The van der Waals surface area contributed by atoms with E-state index in [0.717, 1.165) is 13.0 Å². The zero-order valence-corrected chi connectivity index (χ0v) is 8.34. The van der Waals surface area contributed by atoms with Gasteiger partial charge in [0.15, 0.2) is 0 Å². The van der Waals surface area contributed by atoms with E-state index in [1.165, 1.54) is 11.1 Å². The summed E-state index contributed by atoms with van der Waals surface area (Å²) in [6, 6.07) is 8.52. The van der Waals surface area contributed by atoms with Crippen LogP contribution < -0.4 is 5.32 Å². The number of likely N-dealkylation sites (N-methyl/N-ethyl adjacent to an activating group) is 1. The summed E-state index contributed by atoms with van der Waals surface area (Å²) in [5.41, 5.74) is 2.61. The van der Waals surface area contributed by atoms with Crippen LogP contribution in [-0.2, 0) is 17.8 Å². The second-order valence-corrected chi connectivity index (χ2v) is 3.11. The summed E-state index contributed by atoms with van der Waals surface area (Å²) >= 11 is 0. The van der Waals surface area contributed by atoms with Gasteiger partial charge in [0.1, 0.15) is 0 Å². The van der Waals surface area contributed by atoms with E-state index in [2.05, 4.69) is 29.6 Å². The predicted molar refractivity (Wildman–Crippen MR) is 54.8 cm³/mol. The van der Waals surface area contributed by atoms with Gasteiger partial charge in [-0.05, 0) is 31.1 Å². The van der Waals surface area contributed by atoms with Crippen molar-refractivity contribution in [3.05, 3.63) is 35.4 Å². The largest absolute Gasteiger partial charge is 0.380 e. The third-order valence-corrected chi connectivity index (χ3v) is 1.97. The second-order valence-electron chi connectivity index (χ2n) is 3.11. The highest BCUT2D eigenvalue weighted by Crippen LogP contribution is 2.06. The van der Waals surface area contributed by atoms with E-state index < -0.39 is 0 Å². The highest BCUT2D eigenvalue weighted by molar-refractivity contribution is 5.23. The molecule has 2 nitrogen and oxygen atoms in total. The van der Waals surface area contributed by atoms with Crippen LogP contribution in [-0.4, -0.2) is 20.7 Å². The molecule has 0 atom stereocenters. The Labute approximate surface area is 79.9 Å². The molecule has 0 saturated carbocycles. The Morgan fingerprint density at radius 3 is 2.77 bits per heavy atom. The van der Waals surface area contributed by atoms with Crippen molar-refractivity contribution in [1.29, 1.82) is 0 Å². The molecule has 0 aromatic heterocycles. The first-order valence-electron chi connectivity index (χ1n) is 4.58. The van der Waals surface area contributed by atoms with Crippen LogP contribution in [0.5, 0.6) is 0 Å². The average molecular weight is 179 g/mol. The quantitative estimate of drug-likeness (QED) is 0.741. The molecule has 0 unspecified atom stereocenters. The minimum atomic E-state index is 0.702. The standard InChI is InChI=1S/C11H17NO/c1-12-7-6-10-4-3-5-11(8-10)9-13-2/h3-5,8,12H,6-7,9H2,1-2H3. The lowest BCUT2D eigenvalue weighted by molar-refractivity contribution is 0.185. The molecule has 2 heteroatoms. The second kappa shape index (κ2) is 5.73. The number of ether oxygens (including phenoxy) is 1. The van der Waals surface area contributed by atoms with Crippen molar-refractivity contribution in [3.8, 4) is 0 Å². The Morgan fingerprint density at radius 2 is 2.08 bits per heavy atom. The van der Waals surface area contributed by atoms with Crippen LogP contribution in [0.25, 0.3) is 0 Å². The molecule has 1 rings (SSSR count). The van der Waals surface area contributed by atoms with Crippen molar-refractivity contribution >= 4 is 0 Å². The first kappa shape index (κ1) is 10.2. The van der Waals surface area contributed by atoms with Crippen molar-refractivity contribution in [2.75, 3.05) is 20.7 Å². The van der Waals surface area contributed by atoms with Crippen LogP contribution in [0.2, 0.25) is 0 Å². The Balaban J connectivity index is 2.56. The van der Waals surface area contributed by atoms with Crippen LogP contribution >= 0.6 is 0 Å². The summed E-state index contributed by atoms with van der Waals surface area (Å²) in [6.07, 6.45) is 1.08. The smallest absolute Gasteiger partial charge is 0.0713 e. The van der Waals surface area contributed by atoms with E-state index >= 15 is 0 Å². The lowest BCUT2D eigenvalue weighted by Crippen LogP contribution is -2.10. The maximum absolute atomic E-state index is 5.07. The van der Waals surface area contributed by atoms with Gasteiger partial charge < -0.3 is 10.1 Å². The lowest BCUT2D eigenvalue weighted by Gasteiger charge is -2.03. The first-order chi connectivity index (χ1) is 6.36. The molecule has 0 spiro atoms. The van der Waals surface area contributed by atoms with Crippen molar-refractivity contribution in [1.82, 2.24) is 5.32 Å². The molecular weight excluding hydrogens is 162 g/mol. The van der Waals surface area contributed by atoms with Gasteiger partial charge >= 0.3 is 0 Å². The normalized spacial score (nSPS) is 10.3. The lowest BCUT2D eigenvalue weighted by atomic mass is 10.1. The summed E-state index contributed by atoms with van der Waals surface area (Å²) < 4.78 is 5.07. The van der Waals surface area contributed by atoms with Crippen LogP contribution in [0, 0.1) is 0 Å². The number of hydrogen-bond acceptors (Lipinski definition) is 2. The van der Waals surface area contributed by atoms with Crippen molar-refractivity contribution < 1.29 is 4.74 Å². The maximum Gasteiger partial charge on any atom is 0.0713 e. The molecule has 0 aliphatic heterocycles. The highest BCUT2D eigenvalue weighted by atomic mass is 16.5.